The zero-order chi connectivity index (χ0) is 15.9. The van der Waals surface area contributed by atoms with E-state index in [9.17, 15) is 4.79 Å². The Morgan fingerprint density at radius 1 is 1.32 bits per heavy atom. The Bertz CT molecular complexity index is 645. The Balaban J connectivity index is 2.00. The van der Waals surface area contributed by atoms with Crippen molar-refractivity contribution in [1.82, 2.24) is 10.3 Å². The van der Waals surface area contributed by atoms with E-state index in [-0.39, 0.29) is 5.91 Å². The highest BCUT2D eigenvalue weighted by Crippen LogP contribution is 2.15. The Hall–Kier alpha value is -2.07. The van der Waals surface area contributed by atoms with Crippen LogP contribution in [0.1, 0.15) is 36.3 Å². The van der Waals surface area contributed by atoms with Crippen molar-refractivity contribution in [3.05, 3.63) is 58.9 Å². The minimum atomic E-state index is -0.215. The average Bonchev–Trinajstić information content (AvgIpc) is 2.54. The van der Waals surface area contributed by atoms with Gasteiger partial charge in [-0.05, 0) is 37.1 Å². The van der Waals surface area contributed by atoms with Gasteiger partial charge in [0.15, 0.2) is 0 Å². The van der Waals surface area contributed by atoms with E-state index in [0.29, 0.717) is 23.3 Å². The van der Waals surface area contributed by atoms with Gasteiger partial charge in [-0.15, -0.1) is 0 Å². The number of halogens is 1. The van der Waals surface area contributed by atoms with Gasteiger partial charge in [0.2, 0.25) is 0 Å². The second-order valence-electron chi connectivity index (χ2n) is 5.16. The number of rotatable bonds is 6. The number of hydrogen-bond acceptors (Lipinski definition) is 3. The molecule has 0 fully saturated rings. The molecule has 0 aliphatic carbocycles. The number of carbonyl (C=O) groups is 1. The molecule has 0 aliphatic rings. The summed E-state index contributed by atoms with van der Waals surface area (Å²) in [4.78, 5) is 16.3. The second kappa shape index (κ2) is 7.80. The molecule has 2 N–H and O–H groups in total. The summed E-state index contributed by atoms with van der Waals surface area (Å²) >= 11 is 6.08. The fourth-order valence-electron chi connectivity index (χ4n) is 1.94. The third-order valence-corrected chi connectivity index (χ3v) is 3.78. The fourth-order valence-corrected chi connectivity index (χ4v) is 2.14. The number of hydrogen-bond donors (Lipinski definition) is 2. The van der Waals surface area contributed by atoms with Crippen molar-refractivity contribution < 1.29 is 4.79 Å². The van der Waals surface area contributed by atoms with Crippen LogP contribution in [0.25, 0.3) is 0 Å². The molecule has 0 saturated carbocycles. The molecule has 2 aromatic rings. The van der Waals surface area contributed by atoms with Crippen LogP contribution in [0.4, 0.5) is 5.69 Å². The Kier molecular flexibility index (Phi) is 5.78. The van der Waals surface area contributed by atoms with Crippen LogP contribution >= 0.6 is 11.6 Å². The number of amides is 1. The quantitative estimate of drug-likeness (QED) is 0.850. The highest BCUT2D eigenvalue weighted by molar-refractivity contribution is 6.31. The van der Waals surface area contributed by atoms with Crippen molar-refractivity contribution >= 4 is 23.2 Å². The molecular formula is C17H20ClN3O. The first-order chi connectivity index (χ1) is 10.6. The number of anilines is 1. The summed E-state index contributed by atoms with van der Waals surface area (Å²) < 4.78 is 0. The third kappa shape index (κ3) is 4.46. The molecule has 22 heavy (non-hydrogen) atoms. The average molecular weight is 318 g/mol. The smallest absolute Gasteiger partial charge is 0.270 e. The molecule has 2 rings (SSSR count). The lowest BCUT2D eigenvalue weighted by Crippen LogP contribution is -2.24. The van der Waals surface area contributed by atoms with Gasteiger partial charge in [0, 0.05) is 29.5 Å². The van der Waals surface area contributed by atoms with E-state index in [1.807, 2.05) is 24.3 Å². The molecule has 1 aromatic carbocycles. The van der Waals surface area contributed by atoms with Gasteiger partial charge in [-0.25, -0.2) is 0 Å². The largest absolute Gasteiger partial charge is 0.382 e. The van der Waals surface area contributed by atoms with E-state index in [0.717, 1.165) is 17.7 Å². The zero-order valence-corrected chi connectivity index (χ0v) is 13.5. The van der Waals surface area contributed by atoms with Crippen LogP contribution in [-0.4, -0.2) is 16.9 Å². The third-order valence-electron chi connectivity index (χ3n) is 3.42. The minimum Gasteiger partial charge on any atom is -0.382 e. The van der Waals surface area contributed by atoms with Crippen LogP contribution < -0.4 is 10.6 Å². The van der Waals surface area contributed by atoms with E-state index in [4.69, 9.17) is 11.6 Å². The van der Waals surface area contributed by atoms with E-state index in [2.05, 4.69) is 29.5 Å². The monoisotopic (exact) mass is 317 g/mol. The number of nitrogens with zero attached hydrogens (tertiary/aromatic N) is 1. The molecule has 1 unspecified atom stereocenters. The Labute approximate surface area is 135 Å². The Morgan fingerprint density at radius 2 is 2.09 bits per heavy atom. The number of aromatic nitrogens is 1. The van der Waals surface area contributed by atoms with Crippen molar-refractivity contribution in [3.63, 3.8) is 0 Å². The first-order valence-electron chi connectivity index (χ1n) is 7.34. The highest BCUT2D eigenvalue weighted by atomic mass is 35.5. The van der Waals surface area contributed by atoms with Crippen LogP contribution in [0.2, 0.25) is 5.02 Å². The van der Waals surface area contributed by atoms with Crippen LogP contribution in [0, 0.1) is 0 Å². The summed E-state index contributed by atoms with van der Waals surface area (Å²) in [5, 5.41) is 6.81. The number of carbonyl (C=O) groups excluding carboxylic acids is 1. The van der Waals surface area contributed by atoms with Crippen molar-refractivity contribution in [1.29, 1.82) is 0 Å². The SMILES string of the molecule is CCC(C)Nc1ccnc(C(=O)NCc2ccccc2Cl)c1. The number of nitrogens with one attached hydrogen (secondary N) is 2. The summed E-state index contributed by atoms with van der Waals surface area (Å²) in [5.74, 6) is -0.215. The van der Waals surface area contributed by atoms with E-state index < -0.39 is 0 Å². The first-order valence-corrected chi connectivity index (χ1v) is 7.72. The van der Waals surface area contributed by atoms with Gasteiger partial charge >= 0.3 is 0 Å². The summed E-state index contributed by atoms with van der Waals surface area (Å²) in [7, 11) is 0. The molecule has 1 amide bonds. The van der Waals surface area contributed by atoms with Gasteiger partial charge < -0.3 is 10.6 Å². The standard InChI is InChI=1S/C17H20ClN3O/c1-3-12(2)21-14-8-9-19-16(10-14)17(22)20-11-13-6-4-5-7-15(13)18/h4-10,12H,3,11H2,1-2H3,(H,19,21)(H,20,22). The number of pyridine rings is 1. The topological polar surface area (TPSA) is 54.0 Å². The fraction of sp³-hybridized carbons (Fsp3) is 0.294. The van der Waals surface area contributed by atoms with E-state index in [1.54, 1.807) is 18.3 Å². The molecule has 0 spiro atoms. The summed E-state index contributed by atoms with van der Waals surface area (Å²) in [5.41, 5.74) is 2.17. The lowest BCUT2D eigenvalue weighted by atomic mass is 10.2. The van der Waals surface area contributed by atoms with Gasteiger partial charge in [0.1, 0.15) is 5.69 Å². The van der Waals surface area contributed by atoms with Crippen molar-refractivity contribution in [2.75, 3.05) is 5.32 Å². The molecule has 0 saturated heterocycles. The van der Waals surface area contributed by atoms with Crippen molar-refractivity contribution in [2.45, 2.75) is 32.9 Å². The van der Waals surface area contributed by atoms with Gasteiger partial charge in [0.25, 0.3) is 5.91 Å². The van der Waals surface area contributed by atoms with Crippen LogP contribution in [0.3, 0.4) is 0 Å². The normalized spacial score (nSPS) is 11.8. The molecule has 0 bridgehead atoms. The van der Waals surface area contributed by atoms with Gasteiger partial charge in [-0.2, -0.15) is 0 Å². The summed E-state index contributed by atoms with van der Waals surface area (Å²) in [6.07, 6.45) is 2.64. The predicted molar refractivity (Wildman–Crippen MR) is 90.2 cm³/mol. The van der Waals surface area contributed by atoms with Gasteiger partial charge in [-0.3, -0.25) is 9.78 Å². The Morgan fingerprint density at radius 3 is 2.82 bits per heavy atom. The first kappa shape index (κ1) is 16.3. The molecule has 5 heteroatoms. The predicted octanol–water partition coefficient (Wildman–Crippen LogP) is 3.88. The lowest BCUT2D eigenvalue weighted by molar-refractivity contribution is 0.0946. The summed E-state index contributed by atoms with van der Waals surface area (Å²) in [6.45, 7) is 4.58. The molecule has 4 nitrogen and oxygen atoms in total. The van der Waals surface area contributed by atoms with Gasteiger partial charge in [0.05, 0.1) is 0 Å². The van der Waals surface area contributed by atoms with Crippen LogP contribution in [-0.2, 0) is 6.54 Å². The highest BCUT2D eigenvalue weighted by Gasteiger charge is 2.09. The van der Waals surface area contributed by atoms with Crippen LogP contribution in [0.15, 0.2) is 42.6 Å². The zero-order valence-electron chi connectivity index (χ0n) is 12.8. The summed E-state index contributed by atoms with van der Waals surface area (Å²) in [6, 6.07) is 11.4. The second-order valence-corrected chi connectivity index (χ2v) is 5.56. The minimum absolute atomic E-state index is 0.215. The molecule has 0 aliphatic heterocycles. The van der Waals surface area contributed by atoms with E-state index >= 15 is 0 Å². The van der Waals surface area contributed by atoms with Crippen molar-refractivity contribution in [2.24, 2.45) is 0 Å². The maximum atomic E-state index is 12.2. The number of benzene rings is 1. The van der Waals surface area contributed by atoms with Crippen molar-refractivity contribution in [3.8, 4) is 0 Å². The lowest BCUT2D eigenvalue weighted by Gasteiger charge is -2.13. The molecular weight excluding hydrogens is 298 g/mol. The molecule has 1 atom stereocenters. The molecule has 116 valence electrons. The van der Waals surface area contributed by atoms with Gasteiger partial charge in [-0.1, -0.05) is 36.7 Å². The van der Waals surface area contributed by atoms with Crippen LogP contribution in [0.5, 0.6) is 0 Å². The molecule has 1 aromatic heterocycles. The maximum absolute atomic E-state index is 12.2. The molecule has 0 radical (unpaired) electrons. The molecule has 1 heterocycles. The van der Waals surface area contributed by atoms with E-state index in [1.165, 1.54) is 0 Å². The maximum Gasteiger partial charge on any atom is 0.270 e.